The Bertz CT molecular complexity index is 1550. The van der Waals surface area contributed by atoms with Crippen molar-refractivity contribution in [1.82, 2.24) is 20.3 Å². The smallest absolute Gasteiger partial charge is 0.253 e. The fourth-order valence-corrected chi connectivity index (χ4v) is 8.48. The van der Waals surface area contributed by atoms with E-state index in [1.807, 2.05) is 0 Å². The number of nitrogens with two attached hydrogens (primary N) is 1. The molecule has 3 aliphatic rings. The van der Waals surface area contributed by atoms with Gasteiger partial charge in [-0.3, -0.25) is 19.7 Å². The summed E-state index contributed by atoms with van der Waals surface area (Å²) < 4.78 is 17.2. The number of amides is 1. The molecule has 0 radical (unpaired) electrons. The van der Waals surface area contributed by atoms with Crippen molar-refractivity contribution >= 4 is 28.7 Å². The highest BCUT2D eigenvalue weighted by Gasteiger charge is 2.32. The van der Waals surface area contributed by atoms with E-state index >= 15 is 0 Å². The predicted octanol–water partition coefficient (Wildman–Crippen LogP) is 6.08. The number of anilines is 3. The van der Waals surface area contributed by atoms with Crippen LogP contribution in [0, 0.1) is 5.41 Å². The lowest BCUT2D eigenvalue weighted by Crippen LogP contribution is -2.53. The molecule has 1 aromatic carbocycles. The van der Waals surface area contributed by atoms with Gasteiger partial charge in [0.2, 0.25) is 0 Å². The summed E-state index contributed by atoms with van der Waals surface area (Å²) in [7, 11) is 5.29. The molecule has 1 aromatic heterocycles. The molecule has 5 rings (SSSR count). The maximum atomic E-state index is 12.9. The summed E-state index contributed by atoms with van der Waals surface area (Å²) >= 11 is 0. The lowest BCUT2D eigenvalue weighted by atomic mass is 9.85. The van der Waals surface area contributed by atoms with Gasteiger partial charge in [0.1, 0.15) is 0 Å². The molecule has 0 bridgehead atoms. The molecule has 3 heterocycles. The number of benzene rings is 1. The summed E-state index contributed by atoms with van der Waals surface area (Å²) in [6.45, 7) is 20.5. The van der Waals surface area contributed by atoms with Gasteiger partial charge in [0.15, 0.2) is 0 Å². The number of carbonyl (C=O) groups is 1. The number of piperazine rings is 1. The number of nitrogens with zero attached hydrogens (tertiary/aromatic N) is 6. The second-order valence-electron chi connectivity index (χ2n) is 16.8. The second-order valence-corrected chi connectivity index (χ2v) is 16.8. The van der Waals surface area contributed by atoms with Gasteiger partial charge < -0.3 is 34.6 Å². The van der Waals surface area contributed by atoms with Crippen molar-refractivity contribution < 1.29 is 19.0 Å². The first-order chi connectivity index (χ1) is 27.0. The average Bonchev–Trinajstić information content (AvgIpc) is 4.06. The minimum atomic E-state index is -0.515. The number of ether oxygens (including phenoxy) is 3. The quantitative estimate of drug-likeness (QED) is 0.154. The highest BCUT2D eigenvalue weighted by Crippen LogP contribution is 2.39. The van der Waals surface area contributed by atoms with Gasteiger partial charge in [-0.15, -0.1) is 0 Å². The van der Waals surface area contributed by atoms with Crippen molar-refractivity contribution in [1.29, 1.82) is 0 Å². The number of hydrazine groups is 1. The van der Waals surface area contributed by atoms with Crippen LogP contribution in [0.1, 0.15) is 96.9 Å². The Balaban J connectivity index is 1.44. The van der Waals surface area contributed by atoms with Crippen LogP contribution in [0.3, 0.4) is 0 Å². The number of hydrogen-bond acceptors (Lipinski definition) is 11. The number of aromatic nitrogens is 1. The summed E-state index contributed by atoms with van der Waals surface area (Å²) in [4.78, 5) is 28.0. The van der Waals surface area contributed by atoms with Crippen LogP contribution in [-0.2, 0) is 19.0 Å². The number of pyridine rings is 1. The van der Waals surface area contributed by atoms with Crippen LogP contribution in [0.15, 0.2) is 42.1 Å². The number of methoxy groups -OCH3 is 3. The SMILES string of the molecule is CCN(/C(=C(\C)CC(C)(C)COC)c1cc(N2CCN(C3CC3)CC2)cnc1C(C)OC)c1ccc(N(CCCC(N)C(=O)N2CCCCN2)CCOC)cc1. The van der Waals surface area contributed by atoms with Crippen molar-refractivity contribution in [2.45, 2.75) is 97.8 Å². The maximum absolute atomic E-state index is 12.9. The standard InChI is InChI=1S/C44H72N8O4/c1-9-51(37-18-16-35(17-19-37)48(27-28-54-6)21-12-13-40(45)43(53)52-22-11-10-20-47-52)42(33(2)30-44(4,5)32-55-7)39-29-38(31-46-41(39)34(3)56-8)50-25-23-49(24-26-50)36-14-15-36/h16-19,29,31,34,36,40,47H,9-15,20-28,30,32,45H2,1-8H3/b42-33+. The van der Waals surface area contributed by atoms with Crippen molar-refractivity contribution in [3.63, 3.8) is 0 Å². The Hall–Kier alpha value is -3.26. The number of allylic oxidation sites excluding steroid dienone is 1. The van der Waals surface area contributed by atoms with Crippen LogP contribution < -0.4 is 25.9 Å². The first-order valence-corrected chi connectivity index (χ1v) is 21.1. The highest BCUT2D eigenvalue weighted by molar-refractivity contribution is 5.84. The summed E-state index contributed by atoms with van der Waals surface area (Å²) in [5.74, 6) is -0.0122. The number of hydrogen-bond donors (Lipinski definition) is 2. The third kappa shape index (κ3) is 11.7. The Morgan fingerprint density at radius 2 is 1.73 bits per heavy atom. The van der Waals surface area contributed by atoms with E-state index in [1.54, 1.807) is 26.3 Å². The van der Waals surface area contributed by atoms with Gasteiger partial charge in [-0.2, -0.15) is 0 Å². The Morgan fingerprint density at radius 1 is 1.02 bits per heavy atom. The van der Waals surface area contributed by atoms with E-state index in [0.717, 1.165) is 119 Å². The Labute approximate surface area is 337 Å². The highest BCUT2D eigenvalue weighted by atomic mass is 16.5. The first-order valence-electron chi connectivity index (χ1n) is 21.1. The van der Waals surface area contributed by atoms with E-state index < -0.39 is 6.04 Å². The minimum Gasteiger partial charge on any atom is -0.384 e. The molecular weight excluding hydrogens is 705 g/mol. The largest absolute Gasteiger partial charge is 0.384 e. The number of nitrogens with one attached hydrogen (secondary N) is 1. The molecule has 3 fully saturated rings. The van der Waals surface area contributed by atoms with Gasteiger partial charge in [-0.1, -0.05) is 13.8 Å². The van der Waals surface area contributed by atoms with Gasteiger partial charge in [0.05, 0.1) is 42.9 Å². The van der Waals surface area contributed by atoms with Crippen molar-refractivity contribution in [2.75, 3.05) is 108 Å². The molecule has 3 N–H and O–H groups in total. The molecule has 12 heteroatoms. The molecule has 12 nitrogen and oxygen atoms in total. The summed E-state index contributed by atoms with van der Waals surface area (Å²) in [5.41, 5.74) is 17.4. The van der Waals surface area contributed by atoms with E-state index in [9.17, 15) is 4.79 Å². The normalized spacial score (nSPS) is 18.4. The lowest BCUT2D eigenvalue weighted by Gasteiger charge is -2.37. The number of carbonyl (C=O) groups excluding carboxylic acids is 1. The molecule has 312 valence electrons. The first kappa shape index (κ1) is 43.9. The van der Waals surface area contributed by atoms with Crippen LogP contribution in [-0.4, -0.2) is 126 Å². The van der Waals surface area contributed by atoms with Crippen LogP contribution in [0.5, 0.6) is 0 Å². The molecule has 1 aliphatic carbocycles. The predicted molar refractivity (Wildman–Crippen MR) is 229 cm³/mol. The summed E-state index contributed by atoms with van der Waals surface area (Å²) in [5, 5.41) is 1.71. The molecule has 2 saturated heterocycles. The zero-order valence-electron chi connectivity index (χ0n) is 35.8. The monoisotopic (exact) mass is 777 g/mol. The van der Waals surface area contributed by atoms with Gasteiger partial charge >= 0.3 is 0 Å². The molecule has 0 spiro atoms. The maximum Gasteiger partial charge on any atom is 0.253 e. The van der Waals surface area contributed by atoms with Crippen molar-refractivity contribution in [3.8, 4) is 0 Å². The van der Waals surface area contributed by atoms with E-state index in [2.05, 4.69) is 96.2 Å². The zero-order valence-corrected chi connectivity index (χ0v) is 35.8. The van der Waals surface area contributed by atoms with Gasteiger partial charge in [-0.25, -0.2) is 5.43 Å². The zero-order chi connectivity index (χ0) is 40.2. The average molecular weight is 777 g/mol. The topological polar surface area (TPSA) is 112 Å². The van der Waals surface area contributed by atoms with E-state index in [0.29, 0.717) is 19.6 Å². The molecule has 1 saturated carbocycles. The van der Waals surface area contributed by atoms with E-state index in [-0.39, 0.29) is 17.4 Å². The molecule has 2 aliphatic heterocycles. The van der Waals surface area contributed by atoms with Crippen molar-refractivity contribution in [3.05, 3.63) is 53.4 Å². The van der Waals surface area contributed by atoms with Gasteiger partial charge in [0, 0.05) is 109 Å². The Morgan fingerprint density at radius 3 is 2.34 bits per heavy atom. The lowest BCUT2D eigenvalue weighted by molar-refractivity contribution is -0.137. The molecule has 1 amide bonds. The number of rotatable bonds is 21. The molecule has 2 aromatic rings. The third-order valence-corrected chi connectivity index (χ3v) is 11.6. The fraction of sp³-hybridized carbons (Fsp3) is 0.682. The third-order valence-electron chi connectivity index (χ3n) is 11.6. The molecule has 56 heavy (non-hydrogen) atoms. The van der Waals surface area contributed by atoms with E-state index in [1.165, 1.54) is 24.1 Å². The molecular formula is C44H72N8O4. The second kappa shape index (κ2) is 20.9. The summed E-state index contributed by atoms with van der Waals surface area (Å²) in [6.07, 6.45) is 8.94. The van der Waals surface area contributed by atoms with Crippen LogP contribution in [0.4, 0.5) is 17.1 Å². The van der Waals surface area contributed by atoms with E-state index in [4.69, 9.17) is 24.9 Å². The minimum absolute atomic E-state index is 0.0122. The Kier molecular flexibility index (Phi) is 16.4. The fourth-order valence-electron chi connectivity index (χ4n) is 8.48. The van der Waals surface area contributed by atoms with Gasteiger partial charge in [0.25, 0.3) is 5.91 Å². The van der Waals surface area contributed by atoms with Crippen LogP contribution in [0.2, 0.25) is 0 Å². The summed E-state index contributed by atoms with van der Waals surface area (Å²) in [6, 6.07) is 11.5. The molecule has 2 atom stereocenters. The van der Waals surface area contributed by atoms with Crippen LogP contribution in [0.25, 0.3) is 5.70 Å². The van der Waals surface area contributed by atoms with Gasteiger partial charge in [-0.05, 0) is 107 Å². The van der Waals surface area contributed by atoms with Crippen LogP contribution >= 0.6 is 0 Å². The molecule has 2 unspecified atom stereocenters. The van der Waals surface area contributed by atoms with Crippen molar-refractivity contribution in [2.24, 2.45) is 11.1 Å².